The van der Waals surface area contributed by atoms with Gasteiger partial charge in [-0.05, 0) is 13.0 Å². The number of carbonyl (C=O) groups is 1. The molecule has 1 N–H and O–H groups in total. The van der Waals surface area contributed by atoms with E-state index >= 15 is 0 Å². The number of nitrogens with zero attached hydrogens (tertiary/aromatic N) is 7. The Labute approximate surface area is 155 Å². The second-order valence-corrected chi connectivity index (χ2v) is 6.06. The average Bonchev–Trinajstić information content (AvgIpc) is 3.13. The summed E-state index contributed by atoms with van der Waals surface area (Å²) in [5, 5.41) is 6.85. The largest absolute Gasteiger partial charge is 0.360 e. The monoisotopic (exact) mass is 366 g/mol. The molecule has 1 aliphatic rings. The highest BCUT2D eigenvalue weighted by Crippen LogP contribution is 2.16. The van der Waals surface area contributed by atoms with Crippen LogP contribution >= 0.6 is 0 Å². The molecule has 10 heteroatoms. The number of amides is 1. The van der Waals surface area contributed by atoms with Gasteiger partial charge < -0.3 is 19.6 Å². The van der Waals surface area contributed by atoms with Crippen LogP contribution in [0.15, 0.2) is 41.4 Å². The van der Waals surface area contributed by atoms with E-state index in [-0.39, 0.29) is 5.91 Å². The Morgan fingerprint density at radius 1 is 1.04 bits per heavy atom. The topological polar surface area (TPSA) is 113 Å². The Kier molecular flexibility index (Phi) is 4.60. The minimum atomic E-state index is -0.134. The van der Waals surface area contributed by atoms with Crippen LogP contribution in [0.2, 0.25) is 0 Å². The smallest absolute Gasteiger partial charge is 0.272 e. The maximum Gasteiger partial charge on any atom is 0.272 e. The van der Waals surface area contributed by atoms with Crippen LogP contribution in [0.25, 0.3) is 0 Å². The Morgan fingerprint density at radius 2 is 1.81 bits per heavy atom. The molecule has 4 heterocycles. The molecule has 3 aromatic rings. The first-order valence-electron chi connectivity index (χ1n) is 8.53. The fourth-order valence-corrected chi connectivity index (χ4v) is 2.83. The summed E-state index contributed by atoms with van der Waals surface area (Å²) >= 11 is 0. The molecule has 0 aliphatic carbocycles. The fourth-order valence-electron chi connectivity index (χ4n) is 2.83. The third-order valence-electron chi connectivity index (χ3n) is 4.17. The molecule has 3 aromatic heterocycles. The number of anilines is 3. The van der Waals surface area contributed by atoms with Crippen molar-refractivity contribution in [1.29, 1.82) is 0 Å². The molecule has 0 unspecified atom stereocenters. The minimum absolute atomic E-state index is 0.134. The summed E-state index contributed by atoms with van der Waals surface area (Å²) in [5.74, 6) is 2.24. The highest BCUT2D eigenvalue weighted by Gasteiger charge is 2.24. The van der Waals surface area contributed by atoms with Crippen molar-refractivity contribution in [2.45, 2.75) is 6.92 Å². The Bertz CT molecular complexity index is 921. The van der Waals surface area contributed by atoms with Gasteiger partial charge in [-0.3, -0.25) is 4.79 Å². The van der Waals surface area contributed by atoms with Crippen LogP contribution in [0, 0.1) is 6.92 Å². The van der Waals surface area contributed by atoms with E-state index in [2.05, 4.69) is 35.3 Å². The van der Waals surface area contributed by atoms with Crippen LogP contribution in [-0.4, -0.2) is 62.1 Å². The molecule has 1 fully saturated rings. The van der Waals surface area contributed by atoms with Crippen molar-refractivity contribution in [1.82, 2.24) is 30.0 Å². The fraction of sp³-hybridized carbons (Fsp3) is 0.294. The number of piperazine rings is 1. The number of carbonyl (C=O) groups excluding carboxylic acids is 1. The van der Waals surface area contributed by atoms with E-state index in [0.717, 1.165) is 0 Å². The van der Waals surface area contributed by atoms with Gasteiger partial charge in [0.25, 0.3) is 5.91 Å². The number of hydrogen-bond acceptors (Lipinski definition) is 9. The van der Waals surface area contributed by atoms with E-state index in [1.165, 1.54) is 6.33 Å². The maximum atomic E-state index is 12.8. The molecule has 0 radical (unpaired) electrons. The number of aromatic nitrogens is 5. The SMILES string of the molecule is Cc1cc(Nc2cc(C(=O)N3CCN(c4ncccn4)CC3)ncn2)no1. The minimum Gasteiger partial charge on any atom is -0.360 e. The van der Waals surface area contributed by atoms with Gasteiger partial charge in [0.1, 0.15) is 23.6 Å². The standard InChI is InChI=1S/C17H18N8O2/c1-12-9-15(23-27-12)22-14-10-13(20-11-21-14)16(26)24-5-7-25(8-6-24)17-18-3-2-4-19-17/h2-4,9-11H,5-8H2,1H3,(H,20,21,22,23). The molecule has 10 nitrogen and oxygen atoms in total. The molecule has 0 aromatic carbocycles. The normalized spacial score (nSPS) is 14.3. The summed E-state index contributed by atoms with van der Waals surface area (Å²) in [5.41, 5.74) is 0.331. The van der Waals surface area contributed by atoms with Crippen LogP contribution in [0.1, 0.15) is 16.2 Å². The summed E-state index contributed by atoms with van der Waals surface area (Å²) in [7, 11) is 0. The van der Waals surface area contributed by atoms with Crippen molar-refractivity contribution in [2.75, 3.05) is 36.4 Å². The molecule has 0 saturated carbocycles. The lowest BCUT2D eigenvalue weighted by molar-refractivity contribution is 0.0740. The van der Waals surface area contributed by atoms with Gasteiger partial charge in [0.15, 0.2) is 5.82 Å². The average molecular weight is 366 g/mol. The van der Waals surface area contributed by atoms with Gasteiger partial charge in [0.2, 0.25) is 5.95 Å². The first-order chi connectivity index (χ1) is 13.2. The van der Waals surface area contributed by atoms with Gasteiger partial charge >= 0.3 is 0 Å². The number of hydrogen-bond donors (Lipinski definition) is 1. The zero-order chi connectivity index (χ0) is 18.6. The van der Waals surface area contributed by atoms with Crippen molar-refractivity contribution in [3.05, 3.63) is 48.4 Å². The lowest BCUT2D eigenvalue weighted by Crippen LogP contribution is -2.49. The molecule has 138 valence electrons. The Hall–Kier alpha value is -3.56. The number of rotatable bonds is 4. The molecule has 0 spiro atoms. The highest BCUT2D eigenvalue weighted by molar-refractivity contribution is 5.93. The summed E-state index contributed by atoms with van der Waals surface area (Å²) in [4.78, 5) is 33.3. The Balaban J connectivity index is 1.40. The van der Waals surface area contributed by atoms with E-state index in [1.54, 1.807) is 42.4 Å². The molecule has 1 aliphatic heterocycles. The third kappa shape index (κ3) is 3.84. The summed E-state index contributed by atoms with van der Waals surface area (Å²) in [6.45, 7) is 4.29. The molecular weight excluding hydrogens is 348 g/mol. The van der Waals surface area contributed by atoms with Crippen molar-refractivity contribution in [3.63, 3.8) is 0 Å². The molecule has 0 bridgehead atoms. The Morgan fingerprint density at radius 3 is 2.52 bits per heavy atom. The van der Waals surface area contributed by atoms with E-state index < -0.39 is 0 Å². The van der Waals surface area contributed by atoms with Crippen molar-refractivity contribution < 1.29 is 9.32 Å². The molecule has 27 heavy (non-hydrogen) atoms. The van der Waals surface area contributed by atoms with Crippen molar-refractivity contribution in [2.24, 2.45) is 0 Å². The van der Waals surface area contributed by atoms with Crippen LogP contribution in [-0.2, 0) is 0 Å². The molecule has 4 rings (SSSR count). The predicted molar refractivity (Wildman–Crippen MR) is 96.7 cm³/mol. The number of aryl methyl sites for hydroxylation is 1. The van der Waals surface area contributed by atoms with Gasteiger partial charge in [-0.1, -0.05) is 5.16 Å². The van der Waals surface area contributed by atoms with Gasteiger partial charge in [-0.15, -0.1) is 0 Å². The maximum absolute atomic E-state index is 12.8. The predicted octanol–water partition coefficient (Wildman–Crippen LogP) is 1.27. The van der Waals surface area contributed by atoms with Crippen molar-refractivity contribution in [3.8, 4) is 0 Å². The first-order valence-corrected chi connectivity index (χ1v) is 8.53. The lowest BCUT2D eigenvalue weighted by atomic mass is 10.2. The van der Waals surface area contributed by atoms with Crippen LogP contribution < -0.4 is 10.2 Å². The number of nitrogens with one attached hydrogen (secondary N) is 1. The second kappa shape index (κ2) is 7.36. The van der Waals surface area contributed by atoms with Gasteiger partial charge in [0, 0.05) is 50.7 Å². The zero-order valence-electron chi connectivity index (χ0n) is 14.7. The second-order valence-electron chi connectivity index (χ2n) is 6.06. The first kappa shape index (κ1) is 16.9. The molecule has 0 atom stereocenters. The van der Waals surface area contributed by atoms with Crippen LogP contribution in [0.5, 0.6) is 0 Å². The molecule has 1 amide bonds. The van der Waals surface area contributed by atoms with E-state index in [1.807, 2.05) is 0 Å². The van der Waals surface area contributed by atoms with Crippen LogP contribution in [0.4, 0.5) is 17.6 Å². The quantitative estimate of drug-likeness (QED) is 0.729. The highest BCUT2D eigenvalue weighted by atomic mass is 16.5. The summed E-state index contributed by atoms with van der Waals surface area (Å²) < 4.78 is 5.01. The molecule has 1 saturated heterocycles. The van der Waals surface area contributed by atoms with Crippen molar-refractivity contribution >= 4 is 23.5 Å². The van der Waals surface area contributed by atoms with Gasteiger partial charge in [-0.2, -0.15) is 0 Å². The van der Waals surface area contributed by atoms with E-state index in [4.69, 9.17) is 4.52 Å². The summed E-state index contributed by atoms with van der Waals surface area (Å²) in [6, 6.07) is 5.14. The van der Waals surface area contributed by atoms with Gasteiger partial charge in [0.05, 0.1) is 0 Å². The lowest BCUT2D eigenvalue weighted by Gasteiger charge is -2.34. The van der Waals surface area contributed by atoms with Gasteiger partial charge in [-0.25, -0.2) is 19.9 Å². The van der Waals surface area contributed by atoms with E-state index in [9.17, 15) is 4.79 Å². The molecular formula is C17H18N8O2. The third-order valence-corrected chi connectivity index (χ3v) is 4.17. The summed E-state index contributed by atoms with van der Waals surface area (Å²) in [6.07, 6.45) is 4.79. The zero-order valence-corrected chi connectivity index (χ0v) is 14.7. The van der Waals surface area contributed by atoms with Crippen LogP contribution in [0.3, 0.4) is 0 Å². The van der Waals surface area contributed by atoms with E-state index in [0.29, 0.717) is 55.2 Å².